The highest BCUT2D eigenvalue weighted by Crippen LogP contribution is 2.29. The molecule has 3 amide bonds. The van der Waals surface area contributed by atoms with Crippen LogP contribution in [0.25, 0.3) is 0 Å². The summed E-state index contributed by atoms with van der Waals surface area (Å²) in [6.07, 6.45) is 4.83. The molecule has 2 aromatic heterocycles. The van der Waals surface area contributed by atoms with Crippen LogP contribution >= 0.6 is 0 Å². The molecule has 2 aromatic carbocycles. The molecule has 13 heteroatoms. The highest BCUT2D eigenvalue weighted by molar-refractivity contribution is 5.84. The summed E-state index contributed by atoms with van der Waals surface area (Å²) >= 11 is 0. The molecule has 2 saturated heterocycles. The Morgan fingerprint density at radius 2 is 1.12 bits per heavy atom. The number of carbonyl (C=O) groups is 3. The molecular weight excluding hydrogens is 660 g/mol. The van der Waals surface area contributed by atoms with Gasteiger partial charge < -0.3 is 40.1 Å². The first kappa shape index (κ1) is 37.6. The largest absolute Gasteiger partial charge is 0.495 e. The van der Waals surface area contributed by atoms with Crippen molar-refractivity contribution in [3.8, 4) is 11.5 Å². The summed E-state index contributed by atoms with van der Waals surface area (Å²) in [5, 5.41) is 2.64. The molecule has 0 radical (unpaired) electrons. The van der Waals surface area contributed by atoms with E-state index in [-0.39, 0.29) is 11.8 Å². The van der Waals surface area contributed by atoms with Gasteiger partial charge in [-0.15, -0.1) is 0 Å². The van der Waals surface area contributed by atoms with Crippen molar-refractivity contribution in [3.05, 3.63) is 109 Å². The highest BCUT2D eigenvalue weighted by atomic mass is 16.5. The number of amides is 3. The lowest BCUT2D eigenvalue weighted by molar-refractivity contribution is -0.135. The molecule has 2 fully saturated rings. The summed E-state index contributed by atoms with van der Waals surface area (Å²) in [4.78, 5) is 53.1. The molecule has 0 saturated carbocycles. The Kier molecular flexibility index (Phi) is 13.8. The van der Waals surface area contributed by atoms with Gasteiger partial charge in [0.1, 0.15) is 17.5 Å². The van der Waals surface area contributed by atoms with Crippen molar-refractivity contribution >= 4 is 29.6 Å². The zero-order valence-corrected chi connectivity index (χ0v) is 29.8. The number of benzene rings is 2. The third kappa shape index (κ3) is 9.97. The van der Waals surface area contributed by atoms with E-state index in [4.69, 9.17) is 15.2 Å². The quantitative estimate of drug-likeness (QED) is 0.211. The standard InChI is InChI=1S/C20H24N4O3.C19H24N4O2/c1-27-19-8-3-2-7-18(19)23-10-12-24(13-11-23)20(26)17(22-15-25)14-16-6-4-5-9-21-16;1-25-18-8-3-2-7-17(18)22-10-12-23(13-11-22)19(24)16(20)14-15-6-4-5-9-21-15/h2-9,15,17H,10-14H2,1H3,(H,22,25);2-9,16H,10-14,20H2,1H3/t17-;16-/m11/s1. The van der Waals surface area contributed by atoms with Crippen LogP contribution in [0.4, 0.5) is 11.4 Å². The smallest absolute Gasteiger partial charge is 0.245 e. The number of para-hydroxylation sites is 4. The first-order chi connectivity index (χ1) is 25.4. The minimum Gasteiger partial charge on any atom is -0.495 e. The minimum atomic E-state index is -0.602. The van der Waals surface area contributed by atoms with Crippen molar-refractivity contribution in [1.82, 2.24) is 25.1 Å². The average Bonchev–Trinajstić information content (AvgIpc) is 3.21. The monoisotopic (exact) mass is 708 g/mol. The van der Waals surface area contributed by atoms with Crippen molar-refractivity contribution in [2.24, 2.45) is 5.73 Å². The van der Waals surface area contributed by atoms with Gasteiger partial charge in [0.15, 0.2) is 0 Å². The molecule has 13 nitrogen and oxygen atoms in total. The lowest BCUT2D eigenvalue weighted by Gasteiger charge is -2.37. The van der Waals surface area contributed by atoms with Crippen LogP contribution < -0.4 is 30.3 Å². The molecule has 2 aliphatic heterocycles. The SMILES string of the molecule is COc1ccccc1N1CCN(C(=O)[C@@H](Cc2ccccn2)NC=O)CC1.COc1ccccc1N1CCN(C(=O)[C@H](N)Cc2ccccn2)CC1. The van der Waals surface area contributed by atoms with Crippen LogP contribution in [0.1, 0.15) is 11.4 Å². The second-order valence-electron chi connectivity index (χ2n) is 12.5. The summed E-state index contributed by atoms with van der Waals surface area (Å²) in [6, 6.07) is 25.9. The van der Waals surface area contributed by atoms with Crippen LogP contribution in [0.5, 0.6) is 11.5 Å². The second kappa shape index (κ2) is 19.1. The predicted molar refractivity (Wildman–Crippen MR) is 200 cm³/mol. The molecule has 0 bridgehead atoms. The van der Waals surface area contributed by atoms with Crippen LogP contribution in [0.15, 0.2) is 97.3 Å². The number of piperazine rings is 2. The number of nitrogens with zero attached hydrogens (tertiary/aromatic N) is 6. The third-order valence-electron chi connectivity index (χ3n) is 9.21. The van der Waals surface area contributed by atoms with Crippen molar-refractivity contribution in [2.45, 2.75) is 24.9 Å². The number of aromatic nitrogens is 2. The fourth-order valence-corrected chi connectivity index (χ4v) is 6.43. The third-order valence-corrected chi connectivity index (χ3v) is 9.21. The summed E-state index contributed by atoms with van der Waals surface area (Å²) in [6.45, 7) is 5.46. The van der Waals surface area contributed by atoms with Crippen LogP contribution in [-0.4, -0.2) is 117 Å². The number of carbonyl (C=O) groups excluding carboxylic acids is 3. The molecule has 0 spiro atoms. The van der Waals surface area contributed by atoms with E-state index >= 15 is 0 Å². The van der Waals surface area contributed by atoms with E-state index in [1.54, 1.807) is 31.5 Å². The molecule has 0 aliphatic carbocycles. The number of pyridine rings is 2. The van der Waals surface area contributed by atoms with Crippen molar-refractivity contribution < 1.29 is 23.9 Å². The first-order valence-electron chi connectivity index (χ1n) is 17.5. The zero-order chi connectivity index (χ0) is 36.7. The Hall–Kier alpha value is -5.69. The highest BCUT2D eigenvalue weighted by Gasteiger charge is 2.29. The van der Waals surface area contributed by atoms with E-state index in [2.05, 4.69) is 25.1 Å². The predicted octanol–water partition coefficient (Wildman–Crippen LogP) is 2.40. The first-order valence-corrected chi connectivity index (χ1v) is 17.5. The van der Waals surface area contributed by atoms with E-state index in [0.717, 1.165) is 47.4 Å². The van der Waals surface area contributed by atoms with Gasteiger partial charge in [-0.25, -0.2) is 0 Å². The van der Waals surface area contributed by atoms with Gasteiger partial charge in [-0.05, 0) is 48.5 Å². The van der Waals surface area contributed by atoms with Gasteiger partial charge in [-0.2, -0.15) is 0 Å². The van der Waals surface area contributed by atoms with Crippen molar-refractivity contribution in [1.29, 1.82) is 0 Å². The Bertz CT molecular complexity index is 1710. The van der Waals surface area contributed by atoms with Crippen molar-refractivity contribution in [2.75, 3.05) is 76.4 Å². The number of anilines is 2. The van der Waals surface area contributed by atoms with Crippen LogP contribution in [0.3, 0.4) is 0 Å². The number of hydrogen-bond acceptors (Lipinski definition) is 10. The van der Waals surface area contributed by atoms with E-state index in [0.29, 0.717) is 58.5 Å². The second-order valence-corrected chi connectivity index (χ2v) is 12.5. The molecule has 4 heterocycles. The normalized spacial score (nSPS) is 15.4. The van der Waals surface area contributed by atoms with E-state index in [1.807, 2.05) is 89.8 Å². The number of nitrogens with one attached hydrogen (secondary N) is 1. The van der Waals surface area contributed by atoms with Gasteiger partial charge in [0.25, 0.3) is 0 Å². The number of nitrogens with two attached hydrogens (primary N) is 1. The van der Waals surface area contributed by atoms with Gasteiger partial charge in [-0.1, -0.05) is 36.4 Å². The number of methoxy groups -OCH3 is 2. The van der Waals surface area contributed by atoms with Gasteiger partial charge in [0.05, 0.1) is 31.6 Å². The minimum absolute atomic E-state index is 0.00895. The van der Waals surface area contributed by atoms with Crippen LogP contribution in [0, 0.1) is 0 Å². The summed E-state index contributed by atoms with van der Waals surface area (Å²) in [5.74, 6) is 1.60. The fraction of sp³-hybridized carbons (Fsp3) is 0.359. The van der Waals surface area contributed by atoms with E-state index in [9.17, 15) is 14.4 Å². The Labute approximate surface area is 305 Å². The average molecular weight is 709 g/mol. The Morgan fingerprint density at radius 1 is 0.673 bits per heavy atom. The van der Waals surface area contributed by atoms with Crippen LogP contribution in [-0.2, 0) is 27.2 Å². The molecule has 0 unspecified atom stereocenters. The molecule has 274 valence electrons. The fourth-order valence-electron chi connectivity index (χ4n) is 6.43. The molecule has 2 aliphatic rings. The van der Waals surface area contributed by atoms with Gasteiger partial charge in [0, 0.05) is 89.0 Å². The molecule has 3 N–H and O–H groups in total. The number of rotatable bonds is 12. The summed E-state index contributed by atoms with van der Waals surface area (Å²) < 4.78 is 10.9. The lowest BCUT2D eigenvalue weighted by atomic mass is 10.1. The Morgan fingerprint density at radius 3 is 1.56 bits per heavy atom. The van der Waals surface area contributed by atoms with Gasteiger partial charge >= 0.3 is 0 Å². The molecular formula is C39H48N8O5. The van der Waals surface area contributed by atoms with Crippen LogP contribution in [0.2, 0.25) is 0 Å². The van der Waals surface area contributed by atoms with E-state index in [1.165, 1.54) is 0 Å². The van der Waals surface area contributed by atoms with Gasteiger partial charge in [-0.3, -0.25) is 24.4 Å². The van der Waals surface area contributed by atoms with Crippen molar-refractivity contribution in [3.63, 3.8) is 0 Å². The molecule has 6 rings (SSSR count). The summed E-state index contributed by atoms with van der Waals surface area (Å²) in [7, 11) is 3.33. The lowest BCUT2D eigenvalue weighted by Crippen LogP contribution is -2.54. The zero-order valence-electron chi connectivity index (χ0n) is 29.8. The maximum atomic E-state index is 12.9. The maximum Gasteiger partial charge on any atom is 0.245 e. The topological polar surface area (TPSA) is 146 Å². The summed E-state index contributed by atoms with van der Waals surface area (Å²) in [5.41, 5.74) is 9.82. The molecule has 4 aromatic rings. The number of hydrogen-bond donors (Lipinski definition) is 2. The van der Waals surface area contributed by atoms with E-state index < -0.39 is 12.1 Å². The molecule has 2 atom stereocenters. The molecule has 52 heavy (non-hydrogen) atoms. The number of ether oxygens (including phenoxy) is 2. The Balaban J connectivity index is 0.000000202. The maximum absolute atomic E-state index is 12.9. The van der Waals surface area contributed by atoms with Gasteiger partial charge in [0.2, 0.25) is 18.2 Å².